The highest BCUT2D eigenvalue weighted by Gasteiger charge is 2.34. The van der Waals surface area contributed by atoms with Crippen molar-refractivity contribution in [1.29, 1.82) is 0 Å². The van der Waals surface area contributed by atoms with Gasteiger partial charge in [-0.15, -0.1) is 0 Å². The lowest BCUT2D eigenvalue weighted by Crippen LogP contribution is -2.34. The van der Waals surface area contributed by atoms with Gasteiger partial charge in [0.25, 0.3) is 0 Å². The van der Waals surface area contributed by atoms with Gasteiger partial charge in [-0.3, -0.25) is 0 Å². The monoisotopic (exact) mass is 240 g/mol. The van der Waals surface area contributed by atoms with Crippen LogP contribution in [-0.2, 0) is 0 Å². The summed E-state index contributed by atoms with van der Waals surface area (Å²) in [6, 6.07) is 1.78. The van der Waals surface area contributed by atoms with Crippen LogP contribution >= 0.6 is 11.8 Å². The molecule has 2 saturated heterocycles. The minimum absolute atomic E-state index is 0.801. The molecular formula is C13H24N2S. The van der Waals surface area contributed by atoms with Gasteiger partial charge >= 0.3 is 0 Å². The number of likely N-dealkylation sites (tertiary alicyclic amines) is 1. The molecule has 3 rings (SSSR count). The van der Waals surface area contributed by atoms with Gasteiger partial charge < -0.3 is 10.2 Å². The molecule has 0 amide bonds. The summed E-state index contributed by atoms with van der Waals surface area (Å²) in [6.07, 6.45) is 5.75. The molecule has 0 radical (unpaired) electrons. The van der Waals surface area contributed by atoms with Crippen molar-refractivity contribution in [1.82, 2.24) is 10.2 Å². The van der Waals surface area contributed by atoms with Crippen LogP contribution in [0.4, 0.5) is 0 Å². The average molecular weight is 240 g/mol. The second kappa shape index (κ2) is 4.87. The number of hydrogen-bond donors (Lipinski definition) is 1. The molecule has 0 bridgehead atoms. The van der Waals surface area contributed by atoms with Gasteiger partial charge in [0, 0.05) is 29.6 Å². The zero-order chi connectivity index (χ0) is 11.0. The number of nitrogens with one attached hydrogen (secondary N) is 1. The van der Waals surface area contributed by atoms with Gasteiger partial charge in [-0.2, -0.15) is 11.8 Å². The Labute approximate surface area is 104 Å². The smallest absolute Gasteiger partial charge is 0.0168 e. The largest absolute Gasteiger partial charge is 0.313 e. The van der Waals surface area contributed by atoms with Crippen LogP contribution in [0.25, 0.3) is 0 Å². The zero-order valence-electron chi connectivity index (χ0n) is 10.3. The molecule has 0 aromatic rings. The maximum Gasteiger partial charge on any atom is 0.0168 e. The lowest BCUT2D eigenvalue weighted by atomic mass is 10.1. The van der Waals surface area contributed by atoms with Crippen LogP contribution in [0.2, 0.25) is 0 Å². The van der Waals surface area contributed by atoms with Crippen LogP contribution in [0.15, 0.2) is 0 Å². The molecule has 0 spiro atoms. The van der Waals surface area contributed by atoms with Crippen LogP contribution < -0.4 is 5.32 Å². The van der Waals surface area contributed by atoms with Gasteiger partial charge in [0.05, 0.1) is 0 Å². The Kier molecular flexibility index (Phi) is 3.46. The quantitative estimate of drug-likeness (QED) is 0.808. The van der Waals surface area contributed by atoms with E-state index in [4.69, 9.17) is 0 Å². The minimum Gasteiger partial charge on any atom is -0.313 e. The van der Waals surface area contributed by atoms with E-state index in [0.717, 1.165) is 23.3 Å². The lowest BCUT2D eigenvalue weighted by Gasteiger charge is -2.17. The van der Waals surface area contributed by atoms with Crippen molar-refractivity contribution in [3.8, 4) is 0 Å². The van der Waals surface area contributed by atoms with Gasteiger partial charge in [0.15, 0.2) is 0 Å². The first-order valence-electron chi connectivity index (χ1n) is 6.90. The molecule has 3 unspecified atom stereocenters. The molecule has 16 heavy (non-hydrogen) atoms. The molecule has 1 N–H and O–H groups in total. The molecule has 3 atom stereocenters. The third-order valence-electron chi connectivity index (χ3n) is 4.27. The van der Waals surface area contributed by atoms with Crippen molar-refractivity contribution >= 4 is 11.8 Å². The van der Waals surface area contributed by atoms with E-state index in [1.54, 1.807) is 0 Å². The Morgan fingerprint density at radius 3 is 2.88 bits per heavy atom. The Balaban J connectivity index is 1.36. The second-order valence-electron chi connectivity index (χ2n) is 5.87. The molecule has 0 aromatic carbocycles. The van der Waals surface area contributed by atoms with E-state index in [9.17, 15) is 0 Å². The van der Waals surface area contributed by atoms with Crippen molar-refractivity contribution in [2.45, 2.75) is 49.9 Å². The number of nitrogens with zero attached hydrogens (tertiary/aromatic N) is 1. The summed E-state index contributed by atoms with van der Waals surface area (Å²) < 4.78 is 0. The standard InChI is InChI=1S/C13H24N2S/c1-10-6-12(9-16-10)14-7-11-4-5-15(8-11)13-2-3-13/h10-14H,2-9H2,1H3. The molecule has 1 aliphatic carbocycles. The summed E-state index contributed by atoms with van der Waals surface area (Å²) in [7, 11) is 0. The fraction of sp³-hybridized carbons (Fsp3) is 1.00. The summed E-state index contributed by atoms with van der Waals surface area (Å²) in [5, 5.41) is 4.67. The number of hydrogen-bond acceptors (Lipinski definition) is 3. The fourth-order valence-corrected chi connectivity index (χ4v) is 4.28. The first-order valence-corrected chi connectivity index (χ1v) is 7.95. The van der Waals surface area contributed by atoms with Gasteiger partial charge in [0.1, 0.15) is 0 Å². The zero-order valence-corrected chi connectivity index (χ0v) is 11.1. The second-order valence-corrected chi connectivity index (χ2v) is 7.34. The third kappa shape index (κ3) is 2.74. The molecule has 92 valence electrons. The molecule has 2 heterocycles. The maximum absolute atomic E-state index is 3.79. The lowest BCUT2D eigenvalue weighted by molar-refractivity contribution is 0.310. The number of thioether (sulfide) groups is 1. The molecule has 2 nitrogen and oxygen atoms in total. The highest BCUT2D eigenvalue weighted by molar-refractivity contribution is 8.00. The Morgan fingerprint density at radius 2 is 2.19 bits per heavy atom. The van der Waals surface area contributed by atoms with E-state index in [1.165, 1.54) is 51.1 Å². The van der Waals surface area contributed by atoms with Crippen molar-refractivity contribution in [3.63, 3.8) is 0 Å². The van der Waals surface area contributed by atoms with Crippen molar-refractivity contribution in [2.24, 2.45) is 5.92 Å². The van der Waals surface area contributed by atoms with Crippen molar-refractivity contribution in [2.75, 3.05) is 25.4 Å². The Morgan fingerprint density at radius 1 is 1.31 bits per heavy atom. The Bertz CT molecular complexity index is 242. The molecule has 3 heteroatoms. The van der Waals surface area contributed by atoms with Gasteiger partial charge in [0.2, 0.25) is 0 Å². The van der Waals surface area contributed by atoms with Crippen LogP contribution in [0.3, 0.4) is 0 Å². The average Bonchev–Trinajstić information content (AvgIpc) is 2.87. The molecular weight excluding hydrogens is 216 g/mol. The molecule has 1 saturated carbocycles. The molecule has 3 fully saturated rings. The summed E-state index contributed by atoms with van der Waals surface area (Å²) >= 11 is 2.13. The first kappa shape index (κ1) is 11.4. The van der Waals surface area contributed by atoms with Gasteiger partial charge in [-0.05, 0) is 44.7 Å². The van der Waals surface area contributed by atoms with Gasteiger partial charge in [-0.25, -0.2) is 0 Å². The Hall–Kier alpha value is 0.270. The van der Waals surface area contributed by atoms with Crippen LogP contribution in [0.1, 0.15) is 32.6 Å². The van der Waals surface area contributed by atoms with Crippen molar-refractivity contribution in [3.05, 3.63) is 0 Å². The van der Waals surface area contributed by atoms with E-state index < -0.39 is 0 Å². The summed E-state index contributed by atoms with van der Waals surface area (Å²) in [4.78, 5) is 2.72. The highest BCUT2D eigenvalue weighted by Crippen LogP contribution is 2.32. The SMILES string of the molecule is CC1CC(NCC2CCN(C3CC3)C2)CS1. The van der Waals surface area contributed by atoms with Crippen LogP contribution in [0, 0.1) is 5.92 Å². The predicted octanol–water partition coefficient (Wildman–Crippen LogP) is 1.95. The fourth-order valence-electron chi connectivity index (χ4n) is 3.09. The van der Waals surface area contributed by atoms with Crippen LogP contribution in [0.5, 0.6) is 0 Å². The topological polar surface area (TPSA) is 15.3 Å². The van der Waals surface area contributed by atoms with E-state index in [1.807, 2.05) is 0 Å². The minimum atomic E-state index is 0.801. The first-order chi connectivity index (χ1) is 7.81. The van der Waals surface area contributed by atoms with Gasteiger partial charge in [-0.1, -0.05) is 6.92 Å². The summed E-state index contributed by atoms with van der Waals surface area (Å²) in [5.74, 6) is 2.27. The van der Waals surface area contributed by atoms with Crippen molar-refractivity contribution < 1.29 is 0 Å². The predicted molar refractivity (Wildman–Crippen MR) is 71.0 cm³/mol. The normalized spacial score (nSPS) is 40.7. The molecule has 0 aromatic heterocycles. The van der Waals surface area contributed by atoms with E-state index >= 15 is 0 Å². The molecule has 3 aliphatic rings. The molecule has 2 aliphatic heterocycles. The number of rotatable bonds is 4. The van der Waals surface area contributed by atoms with E-state index in [-0.39, 0.29) is 0 Å². The summed E-state index contributed by atoms with van der Waals surface area (Å²) in [6.45, 7) is 6.36. The highest BCUT2D eigenvalue weighted by atomic mass is 32.2. The third-order valence-corrected chi connectivity index (χ3v) is 5.63. The van der Waals surface area contributed by atoms with E-state index in [0.29, 0.717) is 0 Å². The van der Waals surface area contributed by atoms with Crippen LogP contribution in [-0.4, -0.2) is 47.6 Å². The maximum atomic E-state index is 3.79. The summed E-state index contributed by atoms with van der Waals surface area (Å²) in [5.41, 5.74) is 0. The van der Waals surface area contributed by atoms with E-state index in [2.05, 4.69) is 28.9 Å².